The lowest BCUT2D eigenvalue weighted by atomic mass is 10.0. The highest BCUT2D eigenvalue weighted by molar-refractivity contribution is 6.30. The number of likely N-dealkylation sites (tertiary alicyclic amines) is 2. The third-order valence-electron chi connectivity index (χ3n) is 8.58. The molecule has 4 heterocycles. The van der Waals surface area contributed by atoms with Gasteiger partial charge in [-0.15, -0.1) is 0 Å². The number of fused-ring (bicyclic) bond motifs is 1. The Bertz CT molecular complexity index is 1450. The van der Waals surface area contributed by atoms with Gasteiger partial charge in [0.15, 0.2) is 5.69 Å². The van der Waals surface area contributed by atoms with Gasteiger partial charge in [-0.05, 0) is 48.1 Å². The number of carbonyl (C=O) groups excluding carboxylic acids is 2. The number of alkyl halides is 3. The zero-order valence-electron chi connectivity index (χ0n) is 23.9. The highest BCUT2D eigenvalue weighted by Crippen LogP contribution is 2.37. The van der Waals surface area contributed by atoms with Crippen LogP contribution in [-0.2, 0) is 15.7 Å². The topological polar surface area (TPSA) is 88.9 Å². The van der Waals surface area contributed by atoms with Crippen molar-refractivity contribution in [3.8, 4) is 5.69 Å². The summed E-state index contributed by atoms with van der Waals surface area (Å²) in [6, 6.07) is 15.3. The molecule has 0 spiro atoms. The minimum Gasteiger partial charge on any atom is -0.444 e. The minimum atomic E-state index is -4.78. The SMILES string of the molecule is O=C(NC(CCN1CC2CN(C(=O)c3cnn(-c4ccc(Cl)cc4)c3C(F)(F)F)C[C@@H]2C1)c1ccccc1)OC1CCOC1. The molecular formula is C31H33ClF3N5O4. The van der Waals surface area contributed by atoms with Crippen molar-refractivity contribution in [2.45, 2.75) is 31.2 Å². The molecule has 9 nitrogen and oxygen atoms in total. The van der Waals surface area contributed by atoms with Crippen molar-refractivity contribution in [2.75, 3.05) is 45.9 Å². The minimum absolute atomic E-state index is 0.148. The maximum Gasteiger partial charge on any atom is 0.434 e. The first kappa shape index (κ1) is 30.4. The van der Waals surface area contributed by atoms with Crippen molar-refractivity contribution in [2.24, 2.45) is 11.8 Å². The van der Waals surface area contributed by atoms with Crippen LogP contribution in [0.15, 0.2) is 60.8 Å². The number of benzene rings is 2. The van der Waals surface area contributed by atoms with Gasteiger partial charge in [-0.1, -0.05) is 41.9 Å². The first-order valence-corrected chi connectivity index (χ1v) is 15.1. The highest BCUT2D eigenvalue weighted by Gasteiger charge is 2.45. The van der Waals surface area contributed by atoms with Gasteiger partial charge in [-0.3, -0.25) is 4.79 Å². The van der Waals surface area contributed by atoms with Gasteiger partial charge in [0.05, 0.1) is 36.7 Å². The van der Waals surface area contributed by atoms with E-state index in [2.05, 4.69) is 15.3 Å². The van der Waals surface area contributed by atoms with Crippen LogP contribution in [0.5, 0.6) is 0 Å². The van der Waals surface area contributed by atoms with Gasteiger partial charge < -0.3 is 24.6 Å². The van der Waals surface area contributed by atoms with Crippen LogP contribution in [-0.4, -0.2) is 83.6 Å². The second kappa shape index (κ2) is 12.8. The fourth-order valence-electron chi connectivity index (χ4n) is 6.42. The van der Waals surface area contributed by atoms with Crippen molar-refractivity contribution >= 4 is 23.6 Å². The summed E-state index contributed by atoms with van der Waals surface area (Å²) in [7, 11) is 0. The zero-order chi connectivity index (χ0) is 30.8. The second-order valence-corrected chi connectivity index (χ2v) is 12.0. The Kier molecular flexibility index (Phi) is 8.84. The molecule has 3 aromatic rings. The molecule has 3 unspecified atom stereocenters. The summed E-state index contributed by atoms with van der Waals surface area (Å²) in [5.74, 6) is -0.372. The molecule has 3 saturated heterocycles. The Labute approximate surface area is 257 Å². The molecule has 234 valence electrons. The van der Waals surface area contributed by atoms with Gasteiger partial charge in [-0.2, -0.15) is 18.3 Å². The van der Waals surface area contributed by atoms with E-state index in [0.717, 1.165) is 29.5 Å². The molecule has 0 radical (unpaired) electrons. The monoisotopic (exact) mass is 631 g/mol. The number of carbonyl (C=O) groups is 2. The molecule has 2 aromatic carbocycles. The summed E-state index contributed by atoms with van der Waals surface area (Å²) in [6.07, 6.45) is -3.16. The smallest absolute Gasteiger partial charge is 0.434 e. The highest BCUT2D eigenvalue weighted by atomic mass is 35.5. The second-order valence-electron chi connectivity index (χ2n) is 11.6. The molecule has 3 fully saturated rings. The molecule has 1 N–H and O–H groups in total. The Morgan fingerprint density at radius 2 is 1.75 bits per heavy atom. The molecule has 0 bridgehead atoms. The van der Waals surface area contributed by atoms with Crippen LogP contribution in [0.1, 0.15) is 40.5 Å². The van der Waals surface area contributed by atoms with Gasteiger partial charge in [0, 0.05) is 44.2 Å². The summed E-state index contributed by atoms with van der Waals surface area (Å²) < 4.78 is 54.1. The summed E-state index contributed by atoms with van der Waals surface area (Å²) in [5.41, 5.74) is -0.416. The van der Waals surface area contributed by atoms with Crippen LogP contribution in [0.4, 0.5) is 18.0 Å². The fourth-order valence-corrected chi connectivity index (χ4v) is 6.54. The third-order valence-corrected chi connectivity index (χ3v) is 8.83. The van der Waals surface area contributed by atoms with Crippen molar-refractivity contribution in [3.63, 3.8) is 0 Å². The first-order chi connectivity index (χ1) is 21.2. The quantitative estimate of drug-likeness (QED) is 0.368. The normalized spacial score (nSPS) is 22.6. The summed E-state index contributed by atoms with van der Waals surface area (Å²) in [4.78, 5) is 29.8. The van der Waals surface area contributed by atoms with Crippen LogP contribution in [0.2, 0.25) is 5.02 Å². The molecule has 13 heteroatoms. The Morgan fingerprint density at radius 1 is 1.05 bits per heavy atom. The largest absolute Gasteiger partial charge is 0.444 e. The lowest BCUT2D eigenvalue weighted by Gasteiger charge is -2.25. The molecule has 3 aliphatic heterocycles. The average Bonchev–Trinajstić information content (AvgIpc) is 3.80. The van der Waals surface area contributed by atoms with E-state index in [0.29, 0.717) is 50.7 Å². The Balaban J connectivity index is 1.07. The van der Waals surface area contributed by atoms with E-state index in [-0.39, 0.29) is 29.7 Å². The summed E-state index contributed by atoms with van der Waals surface area (Å²) >= 11 is 5.90. The van der Waals surface area contributed by atoms with Gasteiger partial charge in [0.2, 0.25) is 0 Å². The van der Waals surface area contributed by atoms with Crippen molar-refractivity contribution < 1.29 is 32.2 Å². The lowest BCUT2D eigenvalue weighted by molar-refractivity contribution is -0.143. The summed E-state index contributed by atoms with van der Waals surface area (Å²) in [6.45, 7) is 3.88. The molecule has 2 amide bonds. The maximum absolute atomic E-state index is 14.2. The number of hydrogen-bond donors (Lipinski definition) is 1. The van der Waals surface area contributed by atoms with Gasteiger partial charge >= 0.3 is 12.3 Å². The summed E-state index contributed by atoms with van der Waals surface area (Å²) in [5, 5.41) is 7.31. The predicted molar refractivity (Wildman–Crippen MR) is 156 cm³/mol. The molecule has 1 aromatic heterocycles. The number of hydrogen-bond acceptors (Lipinski definition) is 6. The molecule has 3 aliphatic rings. The average molecular weight is 632 g/mol. The van der Waals surface area contributed by atoms with E-state index in [9.17, 15) is 22.8 Å². The van der Waals surface area contributed by atoms with Crippen LogP contribution in [0.3, 0.4) is 0 Å². The molecule has 4 atom stereocenters. The van der Waals surface area contributed by atoms with Gasteiger partial charge in [0.1, 0.15) is 6.10 Å². The standard InChI is InChI=1S/C31H33ClF3N5O4/c32-23-6-8-24(9-7-23)40-28(31(33,34)35)26(14-36-40)29(41)39-17-21-15-38(16-22(21)18-39)12-10-27(20-4-2-1-3-5-20)37-30(42)44-25-11-13-43-19-25/h1-9,14,21-22,25,27H,10-13,15-19H2,(H,37,42)/t21-,22?,25?,27?/m0/s1. The Hall–Kier alpha value is -3.61. The van der Waals surface area contributed by atoms with Crippen molar-refractivity contribution in [3.05, 3.63) is 82.6 Å². The van der Waals surface area contributed by atoms with Crippen molar-refractivity contribution in [1.29, 1.82) is 0 Å². The molecule has 0 aliphatic carbocycles. The predicted octanol–water partition coefficient (Wildman–Crippen LogP) is 5.19. The van der Waals surface area contributed by atoms with Crippen LogP contribution >= 0.6 is 11.6 Å². The van der Waals surface area contributed by atoms with Gasteiger partial charge in [0.25, 0.3) is 5.91 Å². The van der Waals surface area contributed by atoms with E-state index in [4.69, 9.17) is 21.1 Å². The number of amides is 2. The van der Waals surface area contributed by atoms with E-state index >= 15 is 0 Å². The number of aromatic nitrogens is 2. The molecule has 44 heavy (non-hydrogen) atoms. The maximum atomic E-state index is 14.2. The van der Waals surface area contributed by atoms with E-state index in [1.54, 1.807) is 0 Å². The number of alkyl carbamates (subject to hydrolysis) is 1. The van der Waals surface area contributed by atoms with Crippen LogP contribution < -0.4 is 5.32 Å². The van der Waals surface area contributed by atoms with E-state index in [1.165, 1.54) is 29.2 Å². The third kappa shape index (κ3) is 6.72. The number of rotatable bonds is 8. The van der Waals surface area contributed by atoms with E-state index in [1.807, 2.05) is 30.3 Å². The number of halogens is 4. The number of nitrogens with zero attached hydrogens (tertiary/aromatic N) is 4. The fraction of sp³-hybridized carbons (Fsp3) is 0.452. The van der Waals surface area contributed by atoms with Crippen LogP contribution in [0.25, 0.3) is 5.69 Å². The lowest BCUT2D eigenvalue weighted by Crippen LogP contribution is -2.36. The molecular weight excluding hydrogens is 599 g/mol. The van der Waals surface area contributed by atoms with Crippen molar-refractivity contribution in [1.82, 2.24) is 24.9 Å². The Morgan fingerprint density at radius 3 is 2.39 bits per heavy atom. The molecule has 6 rings (SSSR count). The van der Waals surface area contributed by atoms with Gasteiger partial charge in [-0.25, -0.2) is 9.48 Å². The zero-order valence-corrected chi connectivity index (χ0v) is 24.6. The van der Waals surface area contributed by atoms with Crippen LogP contribution in [0, 0.1) is 11.8 Å². The first-order valence-electron chi connectivity index (χ1n) is 14.7. The number of ether oxygens (including phenoxy) is 2. The number of nitrogens with one attached hydrogen (secondary N) is 1. The molecule has 0 saturated carbocycles. The van der Waals surface area contributed by atoms with E-state index < -0.39 is 29.4 Å².